The minimum atomic E-state index is 0. The van der Waals surface area contributed by atoms with Crippen LogP contribution in [0.2, 0.25) is 0 Å². The van der Waals surface area contributed by atoms with Gasteiger partial charge in [0.25, 0.3) is 0 Å². The zero-order valence-electron chi connectivity index (χ0n) is 14.7. The van der Waals surface area contributed by atoms with Crippen molar-refractivity contribution in [3.05, 3.63) is 0 Å². The molecule has 0 aromatic carbocycles. The number of piperidine rings is 2. The summed E-state index contributed by atoms with van der Waals surface area (Å²) in [6, 6.07) is 0.231. The molecule has 3 rings (SSSR count). The van der Waals surface area contributed by atoms with E-state index in [1.807, 2.05) is 0 Å². The summed E-state index contributed by atoms with van der Waals surface area (Å²) < 4.78 is 0. The lowest BCUT2D eigenvalue weighted by Gasteiger charge is -2.56. The molecule has 3 fully saturated rings. The predicted molar refractivity (Wildman–Crippen MR) is 99.3 cm³/mol. The monoisotopic (exact) mass is 365 g/mol. The number of nitrogens with zero attached hydrogens (tertiary/aromatic N) is 2. The second kappa shape index (κ2) is 7.47. The highest BCUT2D eigenvalue weighted by atomic mass is 35.5. The molecule has 2 bridgehead atoms. The first-order valence-corrected chi connectivity index (χ1v) is 8.52. The average Bonchev–Trinajstić information content (AvgIpc) is 2.34. The Morgan fingerprint density at radius 2 is 1.61 bits per heavy atom. The first-order chi connectivity index (χ1) is 9.79. The van der Waals surface area contributed by atoms with Gasteiger partial charge in [-0.3, -0.25) is 4.79 Å². The van der Waals surface area contributed by atoms with Crippen LogP contribution in [0.4, 0.5) is 0 Å². The molecule has 136 valence electrons. The maximum atomic E-state index is 13.0. The summed E-state index contributed by atoms with van der Waals surface area (Å²) in [5.41, 5.74) is 6.59. The Hall–Kier alpha value is -0.0300. The van der Waals surface area contributed by atoms with Crippen LogP contribution in [0, 0.1) is 16.7 Å². The van der Waals surface area contributed by atoms with E-state index in [0.29, 0.717) is 5.91 Å². The van der Waals surface area contributed by atoms with E-state index in [1.165, 1.54) is 6.42 Å². The molecule has 2 saturated heterocycles. The minimum absolute atomic E-state index is 0. The minimum Gasteiger partial charge on any atom is -0.341 e. The summed E-state index contributed by atoms with van der Waals surface area (Å²) in [5, 5.41) is 0. The Morgan fingerprint density at radius 3 is 2.13 bits per heavy atom. The van der Waals surface area contributed by atoms with Crippen molar-refractivity contribution in [2.45, 2.75) is 52.0 Å². The van der Waals surface area contributed by atoms with Crippen LogP contribution in [-0.2, 0) is 4.79 Å². The van der Waals surface area contributed by atoms with E-state index in [0.717, 1.165) is 51.9 Å². The van der Waals surface area contributed by atoms with Gasteiger partial charge < -0.3 is 15.5 Å². The number of nitrogens with two attached hydrogens (primary N) is 1. The predicted octanol–water partition coefficient (Wildman–Crippen LogP) is 2.54. The Morgan fingerprint density at radius 1 is 1.04 bits per heavy atom. The second-order valence-electron chi connectivity index (χ2n) is 8.79. The highest BCUT2D eigenvalue weighted by Gasteiger charge is 2.49. The molecule has 23 heavy (non-hydrogen) atoms. The number of halogens is 2. The van der Waals surface area contributed by atoms with Crippen LogP contribution in [0.5, 0.6) is 0 Å². The van der Waals surface area contributed by atoms with Gasteiger partial charge in [-0.05, 0) is 43.6 Å². The van der Waals surface area contributed by atoms with Gasteiger partial charge in [-0.25, -0.2) is 0 Å². The van der Waals surface area contributed by atoms with Crippen molar-refractivity contribution < 1.29 is 4.79 Å². The first kappa shape index (κ1) is 21.0. The molecule has 1 aliphatic carbocycles. The van der Waals surface area contributed by atoms with Crippen LogP contribution in [0.15, 0.2) is 0 Å². The molecule has 1 amide bonds. The van der Waals surface area contributed by atoms with Crippen molar-refractivity contribution in [2.75, 3.05) is 33.2 Å². The molecule has 4 atom stereocenters. The van der Waals surface area contributed by atoms with E-state index < -0.39 is 0 Å². The van der Waals surface area contributed by atoms with Gasteiger partial charge >= 0.3 is 0 Å². The summed E-state index contributed by atoms with van der Waals surface area (Å²) in [5.74, 6) is 0.560. The fourth-order valence-electron chi connectivity index (χ4n) is 5.56. The summed E-state index contributed by atoms with van der Waals surface area (Å²) in [6.45, 7) is 8.78. The Bertz CT molecular complexity index is 416. The third-order valence-corrected chi connectivity index (χ3v) is 5.68. The van der Waals surface area contributed by atoms with Crippen LogP contribution in [-0.4, -0.2) is 55.0 Å². The van der Waals surface area contributed by atoms with Crippen molar-refractivity contribution >= 4 is 30.7 Å². The van der Waals surface area contributed by atoms with Crippen LogP contribution < -0.4 is 5.73 Å². The van der Waals surface area contributed by atoms with Crippen LogP contribution >= 0.6 is 24.8 Å². The van der Waals surface area contributed by atoms with Gasteiger partial charge in [-0.2, -0.15) is 0 Å². The maximum Gasteiger partial charge on any atom is 0.225 e. The third-order valence-electron chi connectivity index (χ3n) is 5.68. The number of amides is 1. The van der Waals surface area contributed by atoms with Gasteiger partial charge in [0, 0.05) is 38.1 Å². The summed E-state index contributed by atoms with van der Waals surface area (Å²) in [6.07, 6.45) is 5.38. The molecule has 2 unspecified atom stereocenters. The van der Waals surface area contributed by atoms with Crippen molar-refractivity contribution in [3.8, 4) is 0 Å². The van der Waals surface area contributed by atoms with Gasteiger partial charge in [0.2, 0.25) is 5.91 Å². The number of fused-ring (bicyclic) bond motifs is 2. The summed E-state index contributed by atoms with van der Waals surface area (Å²) in [4.78, 5) is 17.6. The lowest BCUT2D eigenvalue weighted by Crippen LogP contribution is -2.63. The summed E-state index contributed by atoms with van der Waals surface area (Å²) >= 11 is 0. The molecule has 0 aromatic rings. The molecule has 2 N–H and O–H groups in total. The molecule has 4 nitrogen and oxygen atoms in total. The maximum absolute atomic E-state index is 13.0. The van der Waals surface area contributed by atoms with Crippen molar-refractivity contribution in [1.29, 1.82) is 0 Å². The van der Waals surface area contributed by atoms with Crippen molar-refractivity contribution in [2.24, 2.45) is 22.5 Å². The molecule has 6 heteroatoms. The van der Waals surface area contributed by atoms with E-state index in [-0.39, 0.29) is 47.6 Å². The van der Waals surface area contributed by atoms with E-state index in [1.54, 1.807) is 0 Å². The van der Waals surface area contributed by atoms with Crippen LogP contribution in [0.1, 0.15) is 46.0 Å². The standard InChI is InChI=1S/C17H31N3O.2ClH/c1-16-8-17(2,10-19(3)9-16)12-20(11-16)15(21)13-5-4-6-14(18)7-13;;/h13-14H,4-12,18H2,1-3H3;2*1H/t13-,14+,16?,17?;;/m1../s1. The molecule has 2 aliphatic heterocycles. The highest BCUT2D eigenvalue weighted by Crippen LogP contribution is 2.45. The van der Waals surface area contributed by atoms with Crippen LogP contribution in [0.3, 0.4) is 0 Å². The van der Waals surface area contributed by atoms with Crippen molar-refractivity contribution in [1.82, 2.24) is 9.80 Å². The molecule has 0 spiro atoms. The number of likely N-dealkylation sites (tertiary alicyclic amines) is 2. The molecule has 3 aliphatic rings. The Kier molecular flexibility index (Phi) is 6.82. The molecular formula is C17H33Cl2N3O. The smallest absolute Gasteiger partial charge is 0.225 e. The second-order valence-corrected chi connectivity index (χ2v) is 8.79. The van der Waals surface area contributed by atoms with Crippen molar-refractivity contribution in [3.63, 3.8) is 0 Å². The Balaban J connectivity index is 0.00000132. The molecule has 2 heterocycles. The molecule has 0 aromatic heterocycles. The highest BCUT2D eigenvalue weighted by molar-refractivity contribution is 5.85. The zero-order chi connectivity index (χ0) is 15.3. The molecule has 0 radical (unpaired) electrons. The quantitative estimate of drug-likeness (QED) is 0.776. The van der Waals surface area contributed by atoms with Crippen LogP contribution in [0.25, 0.3) is 0 Å². The van der Waals surface area contributed by atoms with Gasteiger partial charge in [0.1, 0.15) is 0 Å². The van der Waals surface area contributed by atoms with Gasteiger partial charge in [-0.1, -0.05) is 20.3 Å². The van der Waals surface area contributed by atoms with E-state index in [4.69, 9.17) is 5.73 Å². The summed E-state index contributed by atoms with van der Waals surface area (Å²) in [7, 11) is 2.22. The molecule has 1 saturated carbocycles. The fourth-order valence-corrected chi connectivity index (χ4v) is 5.56. The van der Waals surface area contributed by atoms with Gasteiger partial charge in [-0.15, -0.1) is 24.8 Å². The first-order valence-electron chi connectivity index (χ1n) is 8.52. The largest absolute Gasteiger partial charge is 0.341 e. The van der Waals surface area contributed by atoms with E-state index >= 15 is 0 Å². The van der Waals surface area contributed by atoms with Gasteiger partial charge in [0.15, 0.2) is 0 Å². The SMILES string of the molecule is CN1CC2(C)CN(C(=O)[C@@H]3CCC[C@H](N)C3)CC(C)(C1)C2.Cl.Cl. The van der Waals surface area contributed by atoms with E-state index in [2.05, 4.69) is 30.7 Å². The number of carbonyl (C=O) groups excluding carboxylic acids is 1. The van der Waals surface area contributed by atoms with Gasteiger partial charge in [0.05, 0.1) is 0 Å². The lowest BCUT2D eigenvalue weighted by molar-refractivity contribution is -0.149. The third kappa shape index (κ3) is 4.53. The number of hydrogen-bond acceptors (Lipinski definition) is 3. The molecular weight excluding hydrogens is 333 g/mol. The normalized spacial score (nSPS) is 40.8. The number of carbonyl (C=O) groups is 1. The topological polar surface area (TPSA) is 49.6 Å². The van der Waals surface area contributed by atoms with E-state index in [9.17, 15) is 4.79 Å². The fraction of sp³-hybridized carbons (Fsp3) is 0.941. The lowest BCUT2D eigenvalue weighted by atomic mass is 9.65. The number of rotatable bonds is 1. The zero-order valence-corrected chi connectivity index (χ0v) is 16.3. The Labute approximate surface area is 153 Å². The average molecular weight is 366 g/mol. The number of hydrogen-bond donors (Lipinski definition) is 1.